The van der Waals surface area contributed by atoms with Gasteiger partial charge in [-0.1, -0.05) is 23.7 Å². The Morgan fingerprint density at radius 2 is 1.67 bits per heavy atom. The van der Waals surface area contributed by atoms with Crippen LogP contribution in [0.4, 0.5) is 5.69 Å². The van der Waals surface area contributed by atoms with Crippen molar-refractivity contribution in [2.24, 2.45) is 0 Å². The third kappa shape index (κ3) is 5.05. The van der Waals surface area contributed by atoms with Crippen molar-refractivity contribution < 1.29 is 0 Å². The Bertz CT molecular complexity index is 752. The fourth-order valence-electron chi connectivity index (χ4n) is 2.28. The molecule has 0 bridgehead atoms. The third-order valence-corrected chi connectivity index (χ3v) is 5.93. The summed E-state index contributed by atoms with van der Waals surface area (Å²) in [5.41, 5.74) is 0.955. The molecule has 0 spiro atoms. The molecule has 0 atom stereocenters. The van der Waals surface area contributed by atoms with Crippen LogP contribution in [0.2, 0.25) is 5.02 Å². The number of thiophene rings is 2. The second-order valence-electron chi connectivity index (χ2n) is 5.27. The molecule has 3 rings (SSSR count). The zero-order valence-corrected chi connectivity index (χ0v) is 16.2. The lowest BCUT2D eigenvalue weighted by molar-refractivity contribution is 0.428. The average Bonchev–Trinajstić information content (AvgIpc) is 3.27. The highest BCUT2D eigenvalue weighted by molar-refractivity contribution is 7.80. The fourth-order valence-corrected chi connectivity index (χ4v) is 4.10. The van der Waals surface area contributed by atoms with E-state index in [0.717, 1.165) is 35.3 Å². The normalized spacial score (nSPS) is 10.5. The first-order valence-corrected chi connectivity index (χ1v) is 10.1. The first-order valence-electron chi connectivity index (χ1n) is 7.57. The lowest BCUT2D eigenvalue weighted by Gasteiger charge is -2.25. The van der Waals surface area contributed by atoms with E-state index in [4.69, 9.17) is 23.8 Å². The van der Waals surface area contributed by atoms with Crippen LogP contribution < -0.4 is 5.32 Å². The Morgan fingerprint density at radius 3 is 2.29 bits per heavy atom. The van der Waals surface area contributed by atoms with E-state index < -0.39 is 0 Å². The number of halogens is 1. The first kappa shape index (κ1) is 17.4. The number of nitrogens with zero attached hydrogens (tertiary/aromatic N) is 1. The largest absolute Gasteiger partial charge is 0.344 e. The van der Waals surface area contributed by atoms with Gasteiger partial charge in [-0.2, -0.15) is 0 Å². The summed E-state index contributed by atoms with van der Waals surface area (Å²) in [6, 6.07) is 16.1. The molecule has 2 heterocycles. The van der Waals surface area contributed by atoms with Crippen LogP contribution in [0.1, 0.15) is 9.75 Å². The second-order valence-corrected chi connectivity index (χ2v) is 8.15. The molecule has 24 heavy (non-hydrogen) atoms. The van der Waals surface area contributed by atoms with Crippen molar-refractivity contribution in [2.75, 3.05) is 11.9 Å². The standard InChI is InChI=1S/C18H17ClN2S3/c19-14-5-7-15(8-6-14)20-18(22)21(13-17-4-2-12-24-17)10-9-16-3-1-11-23-16/h1-8,11-12H,9-10,13H2,(H,20,22). The van der Waals surface area contributed by atoms with Crippen molar-refractivity contribution in [1.82, 2.24) is 4.90 Å². The van der Waals surface area contributed by atoms with Crippen LogP contribution in [0.3, 0.4) is 0 Å². The minimum Gasteiger partial charge on any atom is -0.344 e. The molecule has 1 N–H and O–H groups in total. The van der Waals surface area contributed by atoms with Crippen LogP contribution in [-0.4, -0.2) is 16.6 Å². The summed E-state index contributed by atoms with van der Waals surface area (Å²) in [4.78, 5) is 4.90. The smallest absolute Gasteiger partial charge is 0.173 e. The highest BCUT2D eigenvalue weighted by Gasteiger charge is 2.12. The van der Waals surface area contributed by atoms with Gasteiger partial charge >= 0.3 is 0 Å². The van der Waals surface area contributed by atoms with Crippen LogP contribution in [0.25, 0.3) is 0 Å². The van der Waals surface area contributed by atoms with E-state index in [1.807, 2.05) is 24.3 Å². The molecule has 124 valence electrons. The van der Waals surface area contributed by atoms with Gasteiger partial charge in [0.15, 0.2) is 5.11 Å². The quantitative estimate of drug-likeness (QED) is 0.525. The topological polar surface area (TPSA) is 15.3 Å². The Balaban J connectivity index is 1.67. The van der Waals surface area contributed by atoms with Crippen LogP contribution in [0.5, 0.6) is 0 Å². The summed E-state index contributed by atoms with van der Waals surface area (Å²) in [7, 11) is 0. The molecule has 0 aliphatic heterocycles. The van der Waals surface area contributed by atoms with Crippen molar-refractivity contribution in [2.45, 2.75) is 13.0 Å². The molecule has 6 heteroatoms. The first-order chi connectivity index (χ1) is 11.7. The molecule has 0 saturated heterocycles. The molecule has 0 aliphatic carbocycles. The SMILES string of the molecule is S=C(Nc1ccc(Cl)cc1)N(CCc1cccs1)Cc1cccs1. The van der Waals surface area contributed by atoms with Crippen LogP contribution in [-0.2, 0) is 13.0 Å². The van der Waals surface area contributed by atoms with Gasteiger partial charge < -0.3 is 10.2 Å². The van der Waals surface area contributed by atoms with Gasteiger partial charge in [0.05, 0.1) is 6.54 Å². The molecule has 3 aromatic rings. The fraction of sp³-hybridized carbons (Fsp3) is 0.167. The van der Waals surface area contributed by atoms with Crippen LogP contribution in [0, 0.1) is 0 Å². The molecule has 0 amide bonds. The van der Waals surface area contributed by atoms with Gasteiger partial charge in [-0.25, -0.2) is 0 Å². The summed E-state index contributed by atoms with van der Waals surface area (Å²) >= 11 is 15.1. The Hall–Kier alpha value is -1.40. The molecule has 2 nitrogen and oxygen atoms in total. The third-order valence-electron chi connectivity index (χ3n) is 3.52. The summed E-state index contributed by atoms with van der Waals surface area (Å²) < 4.78 is 0. The number of anilines is 1. The molecule has 1 aromatic carbocycles. The summed E-state index contributed by atoms with van der Waals surface area (Å²) in [5.74, 6) is 0. The minimum absolute atomic E-state index is 0.722. The molecule has 0 saturated carbocycles. The van der Waals surface area contributed by atoms with Gasteiger partial charge in [0.2, 0.25) is 0 Å². The summed E-state index contributed by atoms with van der Waals surface area (Å²) in [6.07, 6.45) is 0.992. The highest BCUT2D eigenvalue weighted by atomic mass is 35.5. The zero-order valence-electron chi connectivity index (χ0n) is 12.9. The van der Waals surface area contributed by atoms with E-state index in [2.05, 4.69) is 45.2 Å². The molecule has 2 aromatic heterocycles. The van der Waals surface area contributed by atoms with Crippen molar-refractivity contribution >= 4 is 57.3 Å². The maximum Gasteiger partial charge on any atom is 0.173 e. The van der Waals surface area contributed by atoms with Crippen LogP contribution in [0.15, 0.2) is 59.3 Å². The van der Waals surface area contributed by atoms with Crippen LogP contribution >= 0.6 is 46.5 Å². The Labute approximate surface area is 160 Å². The van der Waals surface area contributed by atoms with Gasteiger partial charge in [-0.15, -0.1) is 22.7 Å². The number of hydrogen-bond donors (Lipinski definition) is 1. The number of rotatable bonds is 6. The zero-order chi connectivity index (χ0) is 16.8. The van der Waals surface area contributed by atoms with Crippen molar-refractivity contribution in [3.8, 4) is 0 Å². The Morgan fingerprint density at radius 1 is 1.00 bits per heavy atom. The number of hydrogen-bond acceptors (Lipinski definition) is 3. The lowest BCUT2D eigenvalue weighted by Crippen LogP contribution is -2.35. The van der Waals surface area contributed by atoms with Crippen molar-refractivity contribution in [3.63, 3.8) is 0 Å². The predicted molar refractivity (Wildman–Crippen MR) is 110 cm³/mol. The van der Waals surface area contributed by atoms with E-state index in [1.54, 1.807) is 22.7 Å². The lowest BCUT2D eigenvalue weighted by atomic mass is 10.3. The maximum atomic E-state index is 5.94. The highest BCUT2D eigenvalue weighted by Crippen LogP contribution is 2.17. The minimum atomic E-state index is 0.722. The van der Waals surface area contributed by atoms with Gasteiger partial charge in [-0.05, 0) is 65.8 Å². The van der Waals surface area contributed by atoms with Crippen molar-refractivity contribution in [1.29, 1.82) is 0 Å². The molecule has 0 fully saturated rings. The molecular weight excluding hydrogens is 376 g/mol. The van der Waals surface area contributed by atoms with E-state index in [0.29, 0.717) is 0 Å². The van der Waals surface area contributed by atoms with Gasteiger partial charge in [0, 0.05) is 27.0 Å². The monoisotopic (exact) mass is 392 g/mol. The average molecular weight is 393 g/mol. The van der Waals surface area contributed by atoms with E-state index in [-0.39, 0.29) is 0 Å². The van der Waals surface area contributed by atoms with Gasteiger partial charge in [0.25, 0.3) is 0 Å². The molecule has 0 aliphatic rings. The number of thiocarbonyl (C=S) groups is 1. The summed E-state index contributed by atoms with van der Waals surface area (Å²) in [6.45, 7) is 1.71. The van der Waals surface area contributed by atoms with E-state index >= 15 is 0 Å². The molecule has 0 unspecified atom stereocenters. The molecule has 0 radical (unpaired) electrons. The van der Waals surface area contributed by atoms with Crippen molar-refractivity contribution in [3.05, 3.63) is 74.1 Å². The second kappa shape index (κ2) is 8.62. The van der Waals surface area contributed by atoms with E-state index in [9.17, 15) is 0 Å². The maximum absolute atomic E-state index is 5.94. The number of nitrogens with one attached hydrogen (secondary N) is 1. The van der Waals surface area contributed by atoms with E-state index in [1.165, 1.54) is 9.75 Å². The number of benzene rings is 1. The Kier molecular flexibility index (Phi) is 6.26. The summed E-state index contributed by atoms with van der Waals surface area (Å²) in [5, 5.41) is 8.99. The molecular formula is C18H17ClN2S3. The van der Waals surface area contributed by atoms with Gasteiger partial charge in [-0.3, -0.25) is 0 Å². The van der Waals surface area contributed by atoms with Gasteiger partial charge in [0.1, 0.15) is 0 Å². The predicted octanol–water partition coefficient (Wildman–Crippen LogP) is 5.90.